The molecule has 2 aromatic heterocycles. The minimum Gasteiger partial charge on any atom is -0.491 e. The molecule has 0 unspecified atom stereocenters. The molecule has 0 aliphatic heterocycles. The van der Waals surface area contributed by atoms with Gasteiger partial charge in [0, 0.05) is 17.3 Å². The van der Waals surface area contributed by atoms with Gasteiger partial charge in [0.15, 0.2) is 0 Å². The fourth-order valence-corrected chi connectivity index (χ4v) is 3.67. The van der Waals surface area contributed by atoms with Gasteiger partial charge in [-0.2, -0.15) is 0 Å². The predicted molar refractivity (Wildman–Crippen MR) is 127 cm³/mol. The number of aryl methyl sites for hydroxylation is 1. The molecular weight excluding hydrogens is 384 g/mol. The molecule has 0 bridgehead atoms. The molecule has 0 atom stereocenters. The maximum atomic E-state index is 5.96. The number of imidazole rings is 1. The van der Waals surface area contributed by atoms with E-state index < -0.39 is 0 Å². The summed E-state index contributed by atoms with van der Waals surface area (Å²) in [4.78, 5) is 4.63. The summed E-state index contributed by atoms with van der Waals surface area (Å²) in [7, 11) is 0. The van der Waals surface area contributed by atoms with E-state index >= 15 is 0 Å². The Hall–Kier alpha value is -3.27. The second kappa shape index (κ2) is 8.10. The fourth-order valence-electron chi connectivity index (χ4n) is 3.67. The first-order valence-corrected chi connectivity index (χ1v) is 10.7. The van der Waals surface area contributed by atoms with E-state index in [4.69, 9.17) is 9.47 Å². The monoisotopic (exact) mass is 414 g/mol. The summed E-state index contributed by atoms with van der Waals surface area (Å²) < 4.78 is 13.9. The molecule has 160 valence electrons. The number of hydrogen-bond donors (Lipinski definition) is 0. The summed E-state index contributed by atoms with van der Waals surface area (Å²) >= 11 is 0. The van der Waals surface area contributed by atoms with E-state index in [2.05, 4.69) is 73.6 Å². The minimum absolute atomic E-state index is 0.164. The largest absolute Gasteiger partial charge is 0.491 e. The molecule has 2 aromatic carbocycles. The SMILES string of the molecule is Cc1cc2ncc(-c3ccc(OC(C)(C)C)cc3)n2cc1-c1ccc(OC(C)C)cc1. The van der Waals surface area contributed by atoms with Gasteiger partial charge in [-0.25, -0.2) is 4.98 Å². The highest BCUT2D eigenvalue weighted by atomic mass is 16.5. The van der Waals surface area contributed by atoms with Crippen LogP contribution in [0.2, 0.25) is 0 Å². The van der Waals surface area contributed by atoms with Gasteiger partial charge in [0.25, 0.3) is 0 Å². The Bertz CT molecular complexity index is 1180. The molecule has 0 radical (unpaired) electrons. The van der Waals surface area contributed by atoms with Gasteiger partial charge >= 0.3 is 0 Å². The molecule has 0 aliphatic carbocycles. The Morgan fingerprint density at radius 2 is 1.48 bits per heavy atom. The lowest BCUT2D eigenvalue weighted by Gasteiger charge is -2.21. The molecular formula is C27H30N2O2. The van der Waals surface area contributed by atoms with Crippen LogP contribution in [-0.2, 0) is 0 Å². The highest BCUT2D eigenvalue weighted by Crippen LogP contribution is 2.30. The molecule has 4 aromatic rings. The third-order valence-electron chi connectivity index (χ3n) is 4.97. The van der Waals surface area contributed by atoms with Gasteiger partial charge in [0.1, 0.15) is 22.7 Å². The zero-order chi connectivity index (χ0) is 22.2. The van der Waals surface area contributed by atoms with Crippen LogP contribution < -0.4 is 9.47 Å². The third-order valence-corrected chi connectivity index (χ3v) is 4.97. The molecule has 4 heteroatoms. The van der Waals surface area contributed by atoms with Crippen LogP contribution in [0.5, 0.6) is 11.5 Å². The number of fused-ring (bicyclic) bond motifs is 1. The Morgan fingerprint density at radius 3 is 2.10 bits per heavy atom. The van der Waals surface area contributed by atoms with Crippen molar-refractivity contribution in [2.75, 3.05) is 0 Å². The fraction of sp³-hybridized carbons (Fsp3) is 0.296. The molecule has 4 rings (SSSR count). The van der Waals surface area contributed by atoms with Crippen LogP contribution in [-0.4, -0.2) is 21.1 Å². The van der Waals surface area contributed by atoms with Crippen LogP contribution in [0, 0.1) is 6.92 Å². The molecule has 0 fully saturated rings. The average molecular weight is 415 g/mol. The van der Waals surface area contributed by atoms with Gasteiger partial charge in [0.2, 0.25) is 0 Å². The van der Waals surface area contributed by atoms with Crippen LogP contribution >= 0.6 is 0 Å². The van der Waals surface area contributed by atoms with Gasteiger partial charge in [-0.15, -0.1) is 0 Å². The number of rotatable bonds is 5. The Morgan fingerprint density at radius 1 is 0.871 bits per heavy atom. The molecule has 0 N–H and O–H groups in total. The van der Waals surface area contributed by atoms with Gasteiger partial charge < -0.3 is 9.47 Å². The van der Waals surface area contributed by atoms with Crippen LogP contribution in [0.15, 0.2) is 67.0 Å². The van der Waals surface area contributed by atoms with Crippen molar-refractivity contribution in [1.82, 2.24) is 9.38 Å². The molecule has 2 heterocycles. The van der Waals surface area contributed by atoms with Crippen molar-refractivity contribution in [3.8, 4) is 33.9 Å². The van der Waals surface area contributed by atoms with Gasteiger partial charge in [-0.05, 0) is 95.1 Å². The Kier molecular flexibility index (Phi) is 5.48. The van der Waals surface area contributed by atoms with E-state index in [1.165, 1.54) is 11.1 Å². The van der Waals surface area contributed by atoms with Crippen molar-refractivity contribution < 1.29 is 9.47 Å². The smallest absolute Gasteiger partial charge is 0.137 e. The molecule has 31 heavy (non-hydrogen) atoms. The van der Waals surface area contributed by atoms with Crippen LogP contribution in [0.4, 0.5) is 0 Å². The van der Waals surface area contributed by atoms with Crippen molar-refractivity contribution in [1.29, 1.82) is 0 Å². The van der Waals surface area contributed by atoms with E-state index in [1.54, 1.807) is 0 Å². The second-order valence-electron chi connectivity index (χ2n) is 9.17. The molecule has 0 saturated carbocycles. The molecule has 0 amide bonds. The van der Waals surface area contributed by atoms with Gasteiger partial charge in [0.05, 0.1) is 18.0 Å². The van der Waals surface area contributed by atoms with E-state index in [0.717, 1.165) is 34.0 Å². The van der Waals surface area contributed by atoms with Crippen molar-refractivity contribution in [3.63, 3.8) is 0 Å². The summed E-state index contributed by atoms with van der Waals surface area (Å²) in [6.45, 7) is 12.4. The molecule has 0 spiro atoms. The zero-order valence-corrected chi connectivity index (χ0v) is 19.1. The minimum atomic E-state index is -0.215. The van der Waals surface area contributed by atoms with E-state index in [0.29, 0.717) is 0 Å². The number of benzene rings is 2. The predicted octanol–water partition coefficient (Wildman–Crippen LogP) is 6.94. The Labute approximate surface area is 184 Å². The van der Waals surface area contributed by atoms with Gasteiger partial charge in [-0.3, -0.25) is 4.40 Å². The molecule has 0 aliphatic rings. The number of pyridine rings is 1. The van der Waals surface area contributed by atoms with Crippen molar-refractivity contribution in [2.45, 2.75) is 53.2 Å². The normalized spacial score (nSPS) is 11.8. The lowest BCUT2D eigenvalue weighted by molar-refractivity contribution is 0.131. The quantitative estimate of drug-likeness (QED) is 0.355. The van der Waals surface area contributed by atoms with E-state index in [-0.39, 0.29) is 11.7 Å². The lowest BCUT2D eigenvalue weighted by atomic mass is 10.0. The topological polar surface area (TPSA) is 35.8 Å². The standard InChI is InChI=1S/C27H30N2O2/c1-18(2)30-22-11-7-20(8-12-22)24-17-29-25(16-28-26(29)15-19(24)3)21-9-13-23(14-10-21)31-27(4,5)6/h7-18H,1-6H3. The lowest BCUT2D eigenvalue weighted by Crippen LogP contribution is -2.22. The first-order valence-electron chi connectivity index (χ1n) is 10.7. The number of hydrogen-bond acceptors (Lipinski definition) is 3. The third kappa shape index (κ3) is 4.74. The number of nitrogens with zero attached hydrogens (tertiary/aromatic N) is 2. The van der Waals surface area contributed by atoms with E-state index in [9.17, 15) is 0 Å². The van der Waals surface area contributed by atoms with Crippen molar-refractivity contribution in [3.05, 3.63) is 72.6 Å². The van der Waals surface area contributed by atoms with Crippen LogP contribution in [0.3, 0.4) is 0 Å². The summed E-state index contributed by atoms with van der Waals surface area (Å²) in [5, 5.41) is 0. The van der Waals surface area contributed by atoms with Crippen LogP contribution in [0.1, 0.15) is 40.2 Å². The first kappa shape index (κ1) is 21.0. The molecule has 4 nitrogen and oxygen atoms in total. The average Bonchev–Trinajstić information content (AvgIpc) is 3.09. The maximum Gasteiger partial charge on any atom is 0.137 e. The highest BCUT2D eigenvalue weighted by Gasteiger charge is 2.13. The van der Waals surface area contributed by atoms with Gasteiger partial charge in [-0.1, -0.05) is 12.1 Å². The highest BCUT2D eigenvalue weighted by molar-refractivity contribution is 5.72. The number of aromatic nitrogens is 2. The van der Waals surface area contributed by atoms with Crippen molar-refractivity contribution >= 4 is 5.65 Å². The molecule has 0 saturated heterocycles. The van der Waals surface area contributed by atoms with E-state index in [1.807, 2.05) is 44.3 Å². The van der Waals surface area contributed by atoms with Crippen molar-refractivity contribution in [2.24, 2.45) is 0 Å². The summed E-state index contributed by atoms with van der Waals surface area (Å²) in [6.07, 6.45) is 4.26. The Balaban J connectivity index is 1.69. The maximum absolute atomic E-state index is 5.96. The summed E-state index contributed by atoms with van der Waals surface area (Å²) in [6, 6.07) is 18.6. The summed E-state index contributed by atoms with van der Waals surface area (Å²) in [5.74, 6) is 1.75. The summed E-state index contributed by atoms with van der Waals surface area (Å²) in [5.41, 5.74) is 6.40. The zero-order valence-electron chi connectivity index (χ0n) is 19.1. The van der Waals surface area contributed by atoms with Crippen LogP contribution in [0.25, 0.3) is 28.0 Å². The number of ether oxygens (including phenoxy) is 2. The first-order chi connectivity index (χ1) is 14.7. The second-order valence-corrected chi connectivity index (χ2v) is 9.17.